The molecule has 1 amide bonds. The number of ether oxygens (including phenoxy) is 1. The minimum atomic E-state index is -0.708. The fraction of sp³-hybridized carbons (Fsp3) is 0.333. The van der Waals surface area contributed by atoms with Gasteiger partial charge in [-0.15, -0.1) is 0 Å². The van der Waals surface area contributed by atoms with Gasteiger partial charge < -0.3 is 24.1 Å². The minimum absolute atomic E-state index is 0.0497. The Balaban J connectivity index is 1.50. The van der Waals surface area contributed by atoms with E-state index in [0.29, 0.717) is 31.9 Å². The summed E-state index contributed by atoms with van der Waals surface area (Å²) in [4.78, 5) is 32.7. The molecule has 2 aliphatic rings. The van der Waals surface area contributed by atoms with Gasteiger partial charge in [0.25, 0.3) is 5.91 Å². The summed E-state index contributed by atoms with van der Waals surface area (Å²) in [6.45, 7) is 3.88. The number of furan rings is 1. The number of carbonyl (C=O) groups is 2. The number of para-hydroxylation sites is 1. The maximum Gasteiger partial charge on any atom is 0.290 e. The number of amides is 1. The molecule has 1 fully saturated rings. The average molecular weight is 476 g/mol. The summed E-state index contributed by atoms with van der Waals surface area (Å²) in [5.74, 6) is -1.44. The van der Waals surface area contributed by atoms with Crippen molar-refractivity contribution in [3.05, 3.63) is 77.3 Å². The molecule has 182 valence electrons. The van der Waals surface area contributed by atoms with Gasteiger partial charge >= 0.3 is 0 Å². The fourth-order valence-corrected chi connectivity index (χ4v) is 4.72. The van der Waals surface area contributed by atoms with Crippen molar-refractivity contribution in [1.82, 2.24) is 9.80 Å². The maximum absolute atomic E-state index is 13.7. The lowest BCUT2D eigenvalue weighted by molar-refractivity contribution is -0.129. The van der Waals surface area contributed by atoms with E-state index >= 15 is 0 Å². The standard InChI is InChI=1S/C27H29N3O5/c1-28(2)20-9-7-18(8-10-20)24-23(25(31)22-17-19-5-3-4-6-21(19)35-22)26(32)27(33)30(24)12-11-29-13-15-34-16-14-29/h3-10,17,24,32H,11-16H2,1-2H3. The van der Waals surface area contributed by atoms with Crippen LogP contribution in [0.5, 0.6) is 0 Å². The van der Waals surface area contributed by atoms with Gasteiger partial charge in [0.15, 0.2) is 11.5 Å². The van der Waals surface area contributed by atoms with Crippen LogP contribution in [0.3, 0.4) is 0 Å². The highest BCUT2D eigenvalue weighted by atomic mass is 16.5. The van der Waals surface area contributed by atoms with Gasteiger partial charge in [-0.2, -0.15) is 0 Å². The van der Waals surface area contributed by atoms with Crippen LogP contribution in [0.4, 0.5) is 5.69 Å². The van der Waals surface area contributed by atoms with E-state index in [2.05, 4.69) is 4.90 Å². The van der Waals surface area contributed by atoms with Gasteiger partial charge in [0, 0.05) is 51.3 Å². The van der Waals surface area contributed by atoms with Gasteiger partial charge in [0.1, 0.15) is 5.58 Å². The van der Waals surface area contributed by atoms with Crippen molar-refractivity contribution >= 4 is 28.3 Å². The zero-order valence-electron chi connectivity index (χ0n) is 19.9. The van der Waals surface area contributed by atoms with Crippen LogP contribution in [0.1, 0.15) is 22.2 Å². The Bertz CT molecular complexity index is 1240. The molecule has 5 rings (SSSR count). The Kier molecular flexibility index (Phi) is 6.32. The van der Waals surface area contributed by atoms with Crippen LogP contribution in [-0.4, -0.2) is 80.1 Å². The maximum atomic E-state index is 13.7. The van der Waals surface area contributed by atoms with Crippen LogP contribution in [0, 0.1) is 0 Å². The average Bonchev–Trinajstić information content (AvgIpc) is 3.42. The van der Waals surface area contributed by atoms with Gasteiger partial charge in [0.2, 0.25) is 5.78 Å². The Morgan fingerprint density at radius 3 is 2.46 bits per heavy atom. The molecule has 0 saturated carbocycles. The molecule has 8 nitrogen and oxygen atoms in total. The first-order valence-electron chi connectivity index (χ1n) is 11.8. The molecule has 2 aromatic carbocycles. The number of anilines is 1. The quantitative estimate of drug-likeness (QED) is 0.524. The van der Waals surface area contributed by atoms with Crippen molar-refractivity contribution in [3.8, 4) is 0 Å². The molecule has 8 heteroatoms. The van der Waals surface area contributed by atoms with E-state index in [1.54, 1.807) is 17.0 Å². The number of aliphatic hydroxyl groups is 1. The molecule has 1 N–H and O–H groups in total. The van der Waals surface area contributed by atoms with Crippen molar-refractivity contribution in [1.29, 1.82) is 0 Å². The number of fused-ring (bicyclic) bond motifs is 1. The number of ketones is 1. The van der Waals surface area contributed by atoms with E-state index in [1.165, 1.54) is 0 Å². The summed E-state index contributed by atoms with van der Waals surface area (Å²) >= 11 is 0. The summed E-state index contributed by atoms with van der Waals surface area (Å²) in [5.41, 5.74) is 2.38. The highest BCUT2D eigenvalue weighted by molar-refractivity contribution is 6.16. The molecule has 1 saturated heterocycles. The van der Waals surface area contributed by atoms with Crippen LogP contribution < -0.4 is 4.90 Å². The lowest BCUT2D eigenvalue weighted by Gasteiger charge is -2.31. The number of morpholine rings is 1. The molecule has 0 bridgehead atoms. The predicted octanol–water partition coefficient (Wildman–Crippen LogP) is 3.41. The van der Waals surface area contributed by atoms with Crippen LogP contribution in [0.25, 0.3) is 11.0 Å². The van der Waals surface area contributed by atoms with Crippen LogP contribution in [0.15, 0.2) is 70.3 Å². The Morgan fingerprint density at radius 1 is 1.06 bits per heavy atom. The van der Waals surface area contributed by atoms with Crippen LogP contribution in [-0.2, 0) is 9.53 Å². The van der Waals surface area contributed by atoms with E-state index in [4.69, 9.17) is 9.15 Å². The molecular formula is C27H29N3O5. The first-order chi connectivity index (χ1) is 16.9. The van der Waals surface area contributed by atoms with Gasteiger partial charge in [-0.1, -0.05) is 30.3 Å². The second kappa shape index (κ2) is 9.56. The predicted molar refractivity (Wildman–Crippen MR) is 133 cm³/mol. The molecule has 0 spiro atoms. The van der Waals surface area contributed by atoms with Crippen molar-refractivity contribution in [2.24, 2.45) is 0 Å². The number of benzene rings is 2. The van der Waals surface area contributed by atoms with Gasteiger partial charge in [-0.3, -0.25) is 14.5 Å². The number of hydrogen-bond donors (Lipinski definition) is 1. The Hall–Kier alpha value is -3.62. The summed E-state index contributed by atoms with van der Waals surface area (Å²) in [5, 5.41) is 11.7. The van der Waals surface area contributed by atoms with E-state index < -0.39 is 23.5 Å². The van der Waals surface area contributed by atoms with Gasteiger partial charge in [-0.25, -0.2) is 0 Å². The SMILES string of the molecule is CN(C)c1ccc(C2C(C(=O)c3cc4ccccc4o3)=C(O)C(=O)N2CCN2CCOCC2)cc1. The van der Waals surface area contributed by atoms with Crippen LogP contribution >= 0.6 is 0 Å². The summed E-state index contributed by atoms with van der Waals surface area (Å²) in [7, 11) is 3.90. The highest BCUT2D eigenvalue weighted by Gasteiger charge is 2.44. The molecule has 1 unspecified atom stereocenters. The number of hydrogen-bond acceptors (Lipinski definition) is 7. The zero-order chi connectivity index (χ0) is 24.5. The van der Waals surface area contributed by atoms with Gasteiger partial charge in [0.05, 0.1) is 24.8 Å². The second-order valence-corrected chi connectivity index (χ2v) is 9.08. The summed E-state index contributed by atoms with van der Waals surface area (Å²) < 4.78 is 11.2. The largest absolute Gasteiger partial charge is 0.503 e. The third-order valence-electron chi connectivity index (χ3n) is 6.68. The molecule has 2 aliphatic heterocycles. The zero-order valence-corrected chi connectivity index (χ0v) is 19.9. The summed E-state index contributed by atoms with van der Waals surface area (Å²) in [6, 6.07) is 16.0. The van der Waals surface area contributed by atoms with E-state index in [9.17, 15) is 14.7 Å². The molecular weight excluding hydrogens is 446 g/mol. The molecule has 1 atom stereocenters. The van der Waals surface area contributed by atoms with Crippen molar-refractivity contribution < 1.29 is 23.8 Å². The molecule has 3 aromatic rings. The lowest BCUT2D eigenvalue weighted by atomic mass is 9.94. The molecule has 0 radical (unpaired) electrons. The number of rotatable bonds is 7. The topological polar surface area (TPSA) is 86.5 Å². The first kappa shape index (κ1) is 23.1. The number of nitrogens with zero attached hydrogens (tertiary/aromatic N) is 3. The van der Waals surface area contributed by atoms with Crippen molar-refractivity contribution in [2.45, 2.75) is 6.04 Å². The van der Waals surface area contributed by atoms with Crippen LogP contribution in [0.2, 0.25) is 0 Å². The molecule has 35 heavy (non-hydrogen) atoms. The molecule has 3 heterocycles. The minimum Gasteiger partial charge on any atom is -0.503 e. The normalized spacial score (nSPS) is 19.1. The fourth-order valence-electron chi connectivity index (χ4n) is 4.72. The second-order valence-electron chi connectivity index (χ2n) is 9.08. The van der Waals surface area contributed by atoms with Crippen molar-refractivity contribution in [2.75, 3.05) is 58.4 Å². The number of carbonyl (C=O) groups excluding carboxylic acids is 2. The van der Waals surface area contributed by atoms with E-state index in [1.807, 2.05) is 61.5 Å². The third kappa shape index (κ3) is 4.42. The Morgan fingerprint density at radius 2 is 1.77 bits per heavy atom. The van der Waals surface area contributed by atoms with E-state index in [0.717, 1.165) is 29.7 Å². The number of Topliss-reactive ketones (excluding diaryl/α,β-unsaturated/α-hetero) is 1. The Labute approximate surface area is 204 Å². The monoisotopic (exact) mass is 475 g/mol. The van der Waals surface area contributed by atoms with E-state index in [-0.39, 0.29) is 11.3 Å². The molecule has 0 aliphatic carbocycles. The van der Waals surface area contributed by atoms with Crippen molar-refractivity contribution in [3.63, 3.8) is 0 Å². The lowest BCUT2D eigenvalue weighted by Crippen LogP contribution is -2.43. The third-order valence-corrected chi connectivity index (χ3v) is 6.68. The molecule has 1 aromatic heterocycles. The highest BCUT2D eigenvalue weighted by Crippen LogP contribution is 2.40. The smallest absolute Gasteiger partial charge is 0.290 e. The number of aliphatic hydroxyl groups excluding tert-OH is 1. The summed E-state index contributed by atoms with van der Waals surface area (Å²) in [6.07, 6.45) is 0. The first-order valence-corrected chi connectivity index (χ1v) is 11.8. The van der Waals surface area contributed by atoms with Gasteiger partial charge in [-0.05, 0) is 29.8 Å².